The number of hydrogen-bond acceptors (Lipinski definition) is 4. The third kappa shape index (κ3) is 4.05. The summed E-state index contributed by atoms with van der Waals surface area (Å²) in [6.07, 6.45) is 14.0. The molecule has 5 nitrogen and oxygen atoms in total. The second-order valence-corrected chi connectivity index (χ2v) is 9.69. The van der Waals surface area contributed by atoms with Crippen molar-refractivity contribution in [2.45, 2.75) is 63.8 Å². The summed E-state index contributed by atoms with van der Waals surface area (Å²) >= 11 is 0. The first-order valence-electron chi connectivity index (χ1n) is 11.5. The number of hydrogen-bond donors (Lipinski definition) is 1. The number of fused-ring (bicyclic) bond motifs is 5. The standard InChI is InChI=1S/C23H34N4O/c28-23(16-27-14-18-4-7-21(27)8-5-18)25-20-6-9-22(24-13-20)26-11-10-17-2-1-3-19(12-17)15-26/h6,9,13,17-19,21H,1-5,7-8,10-12,14-16H2,(H,25,28). The van der Waals surface area contributed by atoms with Gasteiger partial charge in [-0.25, -0.2) is 4.98 Å². The van der Waals surface area contributed by atoms with Crippen LogP contribution in [0.25, 0.3) is 0 Å². The first-order chi connectivity index (χ1) is 13.7. The van der Waals surface area contributed by atoms with Crippen molar-refractivity contribution >= 4 is 17.4 Å². The Hall–Kier alpha value is -1.62. The van der Waals surface area contributed by atoms with E-state index < -0.39 is 0 Å². The van der Waals surface area contributed by atoms with E-state index in [-0.39, 0.29) is 5.91 Å². The van der Waals surface area contributed by atoms with Crippen LogP contribution in [-0.2, 0) is 4.79 Å². The molecule has 5 heteroatoms. The fourth-order valence-electron chi connectivity index (χ4n) is 6.18. The summed E-state index contributed by atoms with van der Waals surface area (Å²) in [4.78, 5) is 22.1. The van der Waals surface area contributed by atoms with Crippen molar-refractivity contribution < 1.29 is 4.79 Å². The summed E-state index contributed by atoms with van der Waals surface area (Å²) in [6, 6.07) is 4.74. The van der Waals surface area contributed by atoms with Crippen molar-refractivity contribution in [3.8, 4) is 0 Å². The van der Waals surface area contributed by atoms with Gasteiger partial charge in [0.15, 0.2) is 0 Å². The normalized spacial score (nSPS) is 32.8. The Kier molecular flexibility index (Phi) is 5.27. The zero-order chi connectivity index (χ0) is 18.9. The van der Waals surface area contributed by atoms with Crippen molar-refractivity contribution in [2.75, 3.05) is 36.4 Å². The van der Waals surface area contributed by atoms with E-state index in [1.165, 1.54) is 57.8 Å². The molecular weight excluding hydrogens is 348 g/mol. The smallest absolute Gasteiger partial charge is 0.238 e. The quantitative estimate of drug-likeness (QED) is 0.858. The summed E-state index contributed by atoms with van der Waals surface area (Å²) in [7, 11) is 0. The summed E-state index contributed by atoms with van der Waals surface area (Å²) in [5, 5.41) is 3.07. The van der Waals surface area contributed by atoms with Gasteiger partial charge in [0, 0.05) is 25.7 Å². The highest BCUT2D eigenvalue weighted by molar-refractivity contribution is 5.92. The van der Waals surface area contributed by atoms with Crippen molar-refractivity contribution in [3.05, 3.63) is 18.3 Å². The topological polar surface area (TPSA) is 48.5 Å². The van der Waals surface area contributed by atoms with Crippen LogP contribution in [0.5, 0.6) is 0 Å². The Morgan fingerprint density at radius 2 is 1.86 bits per heavy atom. The number of pyridine rings is 1. The lowest BCUT2D eigenvalue weighted by Crippen LogP contribution is -2.50. The van der Waals surface area contributed by atoms with E-state index in [1.807, 2.05) is 12.3 Å². The zero-order valence-electron chi connectivity index (χ0n) is 17.0. The maximum atomic E-state index is 12.5. The van der Waals surface area contributed by atoms with Gasteiger partial charge in [-0.05, 0) is 74.8 Å². The van der Waals surface area contributed by atoms with Crippen LogP contribution in [0.1, 0.15) is 57.8 Å². The fraction of sp³-hybridized carbons (Fsp3) is 0.739. The molecule has 3 aliphatic heterocycles. The molecule has 5 aliphatic rings. The third-order valence-corrected chi connectivity index (χ3v) is 7.70. The van der Waals surface area contributed by atoms with Crippen molar-refractivity contribution in [1.82, 2.24) is 9.88 Å². The van der Waals surface area contributed by atoms with Gasteiger partial charge in [0.25, 0.3) is 0 Å². The molecule has 5 fully saturated rings. The van der Waals surface area contributed by atoms with Crippen LogP contribution in [0.2, 0.25) is 0 Å². The van der Waals surface area contributed by atoms with E-state index in [4.69, 9.17) is 4.98 Å². The molecule has 4 bridgehead atoms. The molecule has 1 aromatic rings. The lowest BCUT2D eigenvalue weighted by atomic mass is 9.80. The molecule has 152 valence electrons. The SMILES string of the molecule is O=C(CN1CC2CCC1CC2)Nc1ccc(N2CCC3CCCC(C3)C2)nc1. The summed E-state index contributed by atoms with van der Waals surface area (Å²) in [5.41, 5.74) is 0.824. The minimum atomic E-state index is 0.102. The van der Waals surface area contributed by atoms with Crippen LogP contribution < -0.4 is 10.2 Å². The average molecular weight is 383 g/mol. The molecule has 1 aromatic heterocycles. The molecular formula is C23H34N4O. The highest BCUT2D eigenvalue weighted by atomic mass is 16.2. The van der Waals surface area contributed by atoms with Crippen molar-refractivity contribution in [3.63, 3.8) is 0 Å². The number of carbonyl (C=O) groups excluding carboxylic acids is 1. The van der Waals surface area contributed by atoms with Crippen LogP contribution >= 0.6 is 0 Å². The van der Waals surface area contributed by atoms with E-state index in [1.54, 1.807) is 0 Å². The van der Waals surface area contributed by atoms with Gasteiger partial charge < -0.3 is 10.2 Å². The minimum absolute atomic E-state index is 0.102. The highest BCUT2D eigenvalue weighted by Crippen LogP contribution is 2.36. The summed E-state index contributed by atoms with van der Waals surface area (Å²) in [5.74, 6) is 3.74. The van der Waals surface area contributed by atoms with Gasteiger partial charge in [0.2, 0.25) is 5.91 Å². The number of piperidine rings is 2. The molecule has 28 heavy (non-hydrogen) atoms. The maximum absolute atomic E-state index is 12.5. The Morgan fingerprint density at radius 3 is 2.61 bits per heavy atom. The van der Waals surface area contributed by atoms with Gasteiger partial charge in [0.05, 0.1) is 18.4 Å². The van der Waals surface area contributed by atoms with E-state index >= 15 is 0 Å². The first kappa shape index (κ1) is 18.4. The van der Waals surface area contributed by atoms with E-state index in [0.717, 1.165) is 48.9 Å². The van der Waals surface area contributed by atoms with Crippen LogP contribution in [0.15, 0.2) is 18.3 Å². The van der Waals surface area contributed by atoms with Gasteiger partial charge in [-0.3, -0.25) is 9.69 Å². The Bertz CT molecular complexity index is 682. The van der Waals surface area contributed by atoms with E-state index in [0.29, 0.717) is 12.6 Å². The Labute approximate surface area is 168 Å². The fourth-order valence-corrected chi connectivity index (χ4v) is 6.18. The van der Waals surface area contributed by atoms with E-state index in [2.05, 4.69) is 21.2 Å². The second-order valence-electron chi connectivity index (χ2n) is 9.69. The molecule has 0 radical (unpaired) electrons. The number of anilines is 2. The average Bonchev–Trinajstić information content (AvgIpc) is 2.87. The minimum Gasteiger partial charge on any atom is -0.356 e. The van der Waals surface area contributed by atoms with Crippen LogP contribution in [0.4, 0.5) is 11.5 Å². The first-order valence-corrected chi connectivity index (χ1v) is 11.5. The summed E-state index contributed by atoms with van der Waals surface area (Å²) in [6.45, 7) is 3.90. The van der Waals surface area contributed by atoms with Crippen molar-refractivity contribution in [2.24, 2.45) is 17.8 Å². The predicted molar refractivity (Wildman–Crippen MR) is 112 cm³/mol. The molecule has 1 amide bonds. The number of carbonyl (C=O) groups is 1. The lowest BCUT2D eigenvalue weighted by molar-refractivity contribution is -0.119. The molecule has 2 atom stereocenters. The number of nitrogens with zero attached hydrogens (tertiary/aromatic N) is 3. The maximum Gasteiger partial charge on any atom is 0.238 e. The van der Waals surface area contributed by atoms with Crippen molar-refractivity contribution in [1.29, 1.82) is 0 Å². The van der Waals surface area contributed by atoms with Gasteiger partial charge in [0.1, 0.15) is 5.82 Å². The van der Waals surface area contributed by atoms with E-state index in [9.17, 15) is 4.79 Å². The van der Waals surface area contributed by atoms with Gasteiger partial charge in [-0.2, -0.15) is 0 Å². The third-order valence-electron chi connectivity index (χ3n) is 7.70. The predicted octanol–water partition coefficient (Wildman–Crippen LogP) is 3.91. The number of amides is 1. The molecule has 1 N–H and O–H groups in total. The summed E-state index contributed by atoms with van der Waals surface area (Å²) < 4.78 is 0. The number of aromatic nitrogens is 1. The lowest BCUT2D eigenvalue weighted by Gasteiger charge is -2.44. The van der Waals surface area contributed by atoms with Crippen LogP contribution in [0, 0.1) is 17.8 Å². The van der Waals surface area contributed by atoms with Gasteiger partial charge >= 0.3 is 0 Å². The Balaban J connectivity index is 1.16. The number of rotatable bonds is 4. The van der Waals surface area contributed by atoms with Gasteiger partial charge in [-0.1, -0.05) is 12.8 Å². The second kappa shape index (κ2) is 8.02. The number of nitrogens with one attached hydrogen (secondary N) is 1. The molecule has 2 saturated carbocycles. The van der Waals surface area contributed by atoms with Crippen LogP contribution in [-0.4, -0.2) is 48.0 Å². The highest BCUT2D eigenvalue weighted by Gasteiger charge is 2.34. The molecule has 2 aliphatic carbocycles. The molecule has 3 saturated heterocycles. The molecule has 0 spiro atoms. The molecule has 4 heterocycles. The molecule has 6 rings (SSSR count). The largest absolute Gasteiger partial charge is 0.356 e. The zero-order valence-corrected chi connectivity index (χ0v) is 17.0. The molecule has 2 unspecified atom stereocenters. The Morgan fingerprint density at radius 1 is 1.00 bits per heavy atom. The van der Waals surface area contributed by atoms with Gasteiger partial charge in [-0.15, -0.1) is 0 Å². The molecule has 0 aromatic carbocycles. The van der Waals surface area contributed by atoms with Crippen LogP contribution in [0.3, 0.4) is 0 Å². The monoisotopic (exact) mass is 382 g/mol.